The van der Waals surface area contributed by atoms with E-state index in [9.17, 15) is 9.59 Å². The van der Waals surface area contributed by atoms with Gasteiger partial charge in [0.2, 0.25) is 0 Å². The van der Waals surface area contributed by atoms with Crippen LogP contribution in [0, 0.1) is 5.92 Å². The first-order valence-corrected chi connectivity index (χ1v) is 7.90. The first-order valence-electron chi connectivity index (χ1n) is 7.90. The van der Waals surface area contributed by atoms with Gasteiger partial charge in [0, 0.05) is 18.8 Å². The molecule has 1 atom stereocenters. The maximum Gasteiger partial charge on any atom is 0.267 e. The molecule has 0 bridgehead atoms. The monoisotopic (exact) mass is 324 g/mol. The van der Waals surface area contributed by atoms with Crippen molar-refractivity contribution in [1.29, 1.82) is 0 Å². The van der Waals surface area contributed by atoms with E-state index in [1.54, 1.807) is 11.0 Å². The molecular formula is C18H20N4O2. The summed E-state index contributed by atoms with van der Waals surface area (Å²) in [5.41, 5.74) is 7.56. The van der Waals surface area contributed by atoms with E-state index >= 15 is 0 Å². The van der Waals surface area contributed by atoms with E-state index in [2.05, 4.69) is 24.1 Å². The first kappa shape index (κ1) is 16.0. The normalized spacial score (nSPS) is 16.5. The molecule has 6 heteroatoms. The van der Waals surface area contributed by atoms with Crippen LogP contribution in [0.2, 0.25) is 0 Å². The van der Waals surface area contributed by atoms with E-state index in [1.165, 1.54) is 12.3 Å². The van der Waals surface area contributed by atoms with Crippen molar-refractivity contribution in [2.24, 2.45) is 11.7 Å². The largest absolute Gasteiger partial charge is 0.379 e. The smallest absolute Gasteiger partial charge is 0.267 e. The number of pyridine rings is 1. The fourth-order valence-electron chi connectivity index (χ4n) is 2.76. The van der Waals surface area contributed by atoms with Crippen LogP contribution in [0.3, 0.4) is 0 Å². The Morgan fingerprint density at radius 3 is 2.62 bits per heavy atom. The summed E-state index contributed by atoms with van der Waals surface area (Å²) in [6.45, 7) is 4.82. The van der Waals surface area contributed by atoms with Crippen molar-refractivity contribution in [2.45, 2.75) is 19.9 Å². The van der Waals surface area contributed by atoms with Crippen molar-refractivity contribution in [3.8, 4) is 0 Å². The van der Waals surface area contributed by atoms with Gasteiger partial charge in [-0.2, -0.15) is 0 Å². The molecule has 0 saturated carbocycles. The number of aromatic nitrogens is 1. The zero-order chi connectivity index (χ0) is 17.3. The Morgan fingerprint density at radius 1 is 1.25 bits per heavy atom. The molecule has 124 valence electrons. The Kier molecular flexibility index (Phi) is 4.20. The molecule has 0 fully saturated rings. The van der Waals surface area contributed by atoms with Crippen LogP contribution < -0.4 is 16.0 Å². The van der Waals surface area contributed by atoms with Gasteiger partial charge in [0.1, 0.15) is 5.69 Å². The molecule has 0 saturated heterocycles. The number of anilines is 2. The molecule has 1 aliphatic heterocycles. The third kappa shape index (κ3) is 2.95. The maximum atomic E-state index is 13.0. The number of primary amides is 1. The number of nitrogens with one attached hydrogen (secondary N) is 1. The Bertz CT molecular complexity index is 771. The highest BCUT2D eigenvalue weighted by molar-refractivity contribution is 6.08. The predicted octanol–water partition coefficient (Wildman–Crippen LogP) is 2.28. The van der Waals surface area contributed by atoms with Crippen LogP contribution in [0.4, 0.5) is 11.4 Å². The van der Waals surface area contributed by atoms with E-state index in [4.69, 9.17) is 5.73 Å². The van der Waals surface area contributed by atoms with Gasteiger partial charge in [-0.1, -0.05) is 26.0 Å². The molecule has 2 heterocycles. The number of para-hydroxylation sites is 2. The lowest BCUT2D eigenvalue weighted by Gasteiger charge is -2.37. The van der Waals surface area contributed by atoms with Gasteiger partial charge in [-0.3, -0.25) is 14.6 Å². The van der Waals surface area contributed by atoms with Crippen LogP contribution in [0.1, 0.15) is 34.7 Å². The summed E-state index contributed by atoms with van der Waals surface area (Å²) < 4.78 is 0. The van der Waals surface area contributed by atoms with Crippen molar-refractivity contribution < 1.29 is 9.59 Å². The van der Waals surface area contributed by atoms with E-state index in [0.29, 0.717) is 18.0 Å². The van der Waals surface area contributed by atoms with Crippen molar-refractivity contribution in [3.63, 3.8) is 0 Å². The molecule has 1 aliphatic rings. The van der Waals surface area contributed by atoms with Gasteiger partial charge >= 0.3 is 0 Å². The van der Waals surface area contributed by atoms with Crippen LogP contribution in [-0.4, -0.2) is 29.4 Å². The molecule has 24 heavy (non-hydrogen) atoms. The second kappa shape index (κ2) is 6.31. The van der Waals surface area contributed by atoms with Crippen LogP contribution in [0.5, 0.6) is 0 Å². The van der Waals surface area contributed by atoms with Crippen molar-refractivity contribution in [1.82, 2.24) is 4.98 Å². The number of amides is 2. The lowest BCUT2D eigenvalue weighted by Crippen LogP contribution is -2.47. The van der Waals surface area contributed by atoms with Gasteiger partial charge in [-0.15, -0.1) is 0 Å². The lowest BCUT2D eigenvalue weighted by molar-refractivity contribution is 0.0975. The van der Waals surface area contributed by atoms with Gasteiger partial charge in [-0.05, 0) is 30.2 Å². The molecule has 3 rings (SSSR count). The first-order chi connectivity index (χ1) is 11.5. The van der Waals surface area contributed by atoms with Gasteiger partial charge < -0.3 is 16.0 Å². The average Bonchev–Trinajstić information content (AvgIpc) is 2.60. The number of hydrogen-bond acceptors (Lipinski definition) is 4. The maximum absolute atomic E-state index is 13.0. The second-order valence-electron chi connectivity index (χ2n) is 6.22. The lowest BCUT2D eigenvalue weighted by atomic mass is 9.99. The number of nitrogens with zero attached hydrogens (tertiary/aromatic N) is 2. The summed E-state index contributed by atoms with van der Waals surface area (Å²) in [6.07, 6.45) is 1.40. The van der Waals surface area contributed by atoms with Crippen LogP contribution in [0.25, 0.3) is 0 Å². The van der Waals surface area contributed by atoms with Gasteiger partial charge in [0.25, 0.3) is 11.8 Å². The van der Waals surface area contributed by atoms with Crippen LogP contribution in [-0.2, 0) is 0 Å². The summed E-state index contributed by atoms with van der Waals surface area (Å²) in [7, 11) is 0. The minimum atomic E-state index is -0.610. The zero-order valence-electron chi connectivity index (χ0n) is 13.7. The van der Waals surface area contributed by atoms with Gasteiger partial charge in [-0.25, -0.2) is 0 Å². The summed E-state index contributed by atoms with van der Waals surface area (Å²) >= 11 is 0. The molecule has 0 spiro atoms. The highest BCUT2D eigenvalue weighted by atomic mass is 16.2. The van der Waals surface area contributed by atoms with Crippen molar-refractivity contribution in [3.05, 3.63) is 53.9 Å². The third-order valence-corrected chi connectivity index (χ3v) is 4.23. The van der Waals surface area contributed by atoms with Gasteiger partial charge in [0.05, 0.1) is 16.9 Å². The number of nitrogens with two attached hydrogens (primary N) is 1. The number of rotatable bonds is 3. The van der Waals surface area contributed by atoms with E-state index in [-0.39, 0.29) is 17.6 Å². The summed E-state index contributed by atoms with van der Waals surface area (Å²) in [6, 6.07) is 11.0. The Balaban J connectivity index is 1.94. The summed E-state index contributed by atoms with van der Waals surface area (Å²) in [4.78, 5) is 29.8. The van der Waals surface area contributed by atoms with Crippen LogP contribution in [0.15, 0.2) is 42.6 Å². The predicted molar refractivity (Wildman–Crippen MR) is 93.1 cm³/mol. The zero-order valence-corrected chi connectivity index (χ0v) is 13.7. The Morgan fingerprint density at radius 2 is 2.00 bits per heavy atom. The molecule has 2 aromatic rings. The molecule has 1 aromatic carbocycles. The Hall–Kier alpha value is -2.89. The number of benzene rings is 1. The van der Waals surface area contributed by atoms with Crippen molar-refractivity contribution in [2.75, 3.05) is 16.8 Å². The fraction of sp³-hybridized carbons (Fsp3) is 0.278. The molecular weight excluding hydrogens is 304 g/mol. The highest BCUT2D eigenvalue weighted by Crippen LogP contribution is 2.33. The highest BCUT2D eigenvalue weighted by Gasteiger charge is 2.30. The summed E-state index contributed by atoms with van der Waals surface area (Å²) in [5.74, 6) is -0.372. The second-order valence-corrected chi connectivity index (χ2v) is 6.22. The summed E-state index contributed by atoms with van der Waals surface area (Å²) in [5, 5.41) is 3.49. The molecule has 0 unspecified atom stereocenters. The molecule has 3 N–H and O–H groups in total. The van der Waals surface area contributed by atoms with E-state index in [0.717, 1.165) is 11.4 Å². The molecule has 1 aromatic heterocycles. The standard InChI is InChI=1S/C18H20N4O2/c1-11(2)15-10-22(16-6-4-3-5-13(16)21-15)18(24)12-7-8-14(17(19)23)20-9-12/h3-9,11,15,21H,10H2,1-2H3,(H2,19,23)/t15-/m0/s1. The SMILES string of the molecule is CC(C)[C@@H]1CN(C(=O)c2ccc(C(N)=O)nc2)c2ccccc2N1. The van der Waals surface area contributed by atoms with E-state index in [1.807, 2.05) is 24.3 Å². The third-order valence-electron chi connectivity index (χ3n) is 4.23. The molecule has 2 amide bonds. The van der Waals surface area contributed by atoms with Gasteiger partial charge in [0.15, 0.2) is 0 Å². The molecule has 0 aliphatic carbocycles. The molecule has 0 radical (unpaired) electrons. The number of fused-ring (bicyclic) bond motifs is 1. The number of hydrogen-bond donors (Lipinski definition) is 2. The minimum absolute atomic E-state index is 0.141. The quantitative estimate of drug-likeness (QED) is 0.906. The number of carbonyl (C=O) groups excluding carboxylic acids is 2. The van der Waals surface area contributed by atoms with Crippen molar-refractivity contribution >= 4 is 23.2 Å². The fourth-order valence-corrected chi connectivity index (χ4v) is 2.76. The Labute approximate surface area is 140 Å². The average molecular weight is 324 g/mol. The minimum Gasteiger partial charge on any atom is -0.379 e. The van der Waals surface area contributed by atoms with E-state index < -0.39 is 5.91 Å². The number of carbonyl (C=O) groups is 2. The molecule has 6 nitrogen and oxygen atoms in total. The topological polar surface area (TPSA) is 88.3 Å². The van der Waals surface area contributed by atoms with Crippen LogP contribution >= 0.6 is 0 Å².